The van der Waals surface area contributed by atoms with Gasteiger partial charge in [-0.05, 0) is 35.9 Å². The number of hydrogen-bond donors (Lipinski definition) is 1. The zero-order valence-electron chi connectivity index (χ0n) is 17.2. The molecule has 0 bridgehead atoms. The molecule has 0 fully saturated rings. The highest BCUT2D eigenvalue weighted by atomic mass is 16.5. The maximum absolute atomic E-state index is 13.3. The van der Waals surface area contributed by atoms with Gasteiger partial charge in [-0.2, -0.15) is 0 Å². The van der Waals surface area contributed by atoms with Gasteiger partial charge in [-0.25, -0.2) is 5.01 Å². The van der Waals surface area contributed by atoms with Crippen molar-refractivity contribution in [3.63, 3.8) is 0 Å². The van der Waals surface area contributed by atoms with Gasteiger partial charge in [0.1, 0.15) is 11.5 Å². The number of benzene rings is 3. The smallest absolute Gasteiger partial charge is 0.308 e. The molecule has 0 spiro atoms. The quantitative estimate of drug-likeness (QED) is 0.496. The van der Waals surface area contributed by atoms with Crippen LogP contribution in [0.5, 0.6) is 11.5 Å². The predicted molar refractivity (Wildman–Crippen MR) is 117 cm³/mol. The molecule has 0 saturated carbocycles. The maximum Gasteiger partial charge on any atom is 0.308 e. The molecule has 1 amide bonds. The van der Waals surface area contributed by atoms with Crippen LogP contribution in [0.2, 0.25) is 0 Å². The summed E-state index contributed by atoms with van der Waals surface area (Å²) in [6, 6.07) is 23.7. The van der Waals surface area contributed by atoms with Crippen LogP contribution in [0.25, 0.3) is 5.70 Å². The van der Waals surface area contributed by atoms with Crippen molar-refractivity contribution in [2.24, 2.45) is 0 Å². The third-order valence-corrected chi connectivity index (χ3v) is 4.96. The molecule has 0 radical (unpaired) electrons. The van der Waals surface area contributed by atoms with Gasteiger partial charge in [0.05, 0.1) is 18.8 Å². The number of hydrogen-bond acceptors (Lipinski definition) is 5. The number of esters is 1. The molecule has 156 valence electrons. The van der Waals surface area contributed by atoms with Gasteiger partial charge in [0.25, 0.3) is 5.91 Å². The van der Waals surface area contributed by atoms with Crippen LogP contribution in [-0.2, 0) is 4.79 Å². The summed E-state index contributed by atoms with van der Waals surface area (Å²) in [5.74, 6) is 0.315. The summed E-state index contributed by atoms with van der Waals surface area (Å²) >= 11 is 0. The zero-order chi connectivity index (χ0) is 21.8. The molecule has 6 heteroatoms. The van der Waals surface area contributed by atoms with Crippen molar-refractivity contribution in [3.05, 3.63) is 102 Å². The van der Waals surface area contributed by atoms with Crippen LogP contribution >= 0.6 is 0 Å². The van der Waals surface area contributed by atoms with E-state index in [-0.39, 0.29) is 11.9 Å². The Kier molecular flexibility index (Phi) is 5.71. The van der Waals surface area contributed by atoms with Crippen molar-refractivity contribution in [1.82, 2.24) is 10.4 Å². The van der Waals surface area contributed by atoms with Gasteiger partial charge in [-0.1, -0.05) is 48.5 Å². The third kappa shape index (κ3) is 4.28. The fourth-order valence-electron chi connectivity index (χ4n) is 3.50. The Morgan fingerprint density at radius 1 is 0.935 bits per heavy atom. The van der Waals surface area contributed by atoms with Gasteiger partial charge in [-0.3, -0.25) is 15.0 Å². The summed E-state index contributed by atoms with van der Waals surface area (Å²) in [6.45, 7) is 1.34. The minimum absolute atomic E-state index is 0.164. The number of carbonyl (C=O) groups excluding carboxylic acids is 2. The van der Waals surface area contributed by atoms with Crippen LogP contribution in [0.1, 0.15) is 34.5 Å². The second-order valence-electron chi connectivity index (χ2n) is 7.04. The molecule has 31 heavy (non-hydrogen) atoms. The summed E-state index contributed by atoms with van der Waals surface area (Å²) in [4.78, 5) is 25.0. The summed E-state index contributed by atoms with van der Waals surface area (Å²) in [5.41, 5.74) is 6.06. The van der Waals surface area contributed by atoms with Gasteiger partial charge in [0.2, 0.25) is 0 Å². The molecule has 1 atom stereocenters. The monoisotopic (exact) mass is 414 g/mol. The number of amides is 1. The number of nitrogens with one attached hydrogen (secondary N) is 1. The van der Waals surface area contributed by atoms with Gasteiger partial charge >= 0.3 is 5.97 Å². The van der Waals surface area contributed by atoms with Crippen molar-refractivity contribution >= 4 is 17.6 Å². The molecule has 1 heterocycles. The van der Waals surface area contributed by atoms with Gasteiger partial charge in [0.15, 0.2) is 0 Å². The first kappa shape index (κ1) is 20.2. The normalized spacial score (nSPS) is 15.1. The van der Waals surface area contributed by atoms with Crippen LogP contribution in [0.4, 0.5) is 0 Å². The van der Waals surface area contributed by atoms with Gasteiger partial charge in [-0.15, -0.1) is 0 Å². The van der Waals surface area contributed by atoms with E-state index in [9.17, 15) is 9.59 Å². The Balaban J connectivity index is 1.76. The van der Waals surface area contributed by atoms with Crippen molar-refractivity contribution in [2.45, 2.75) is 13.0 Å². The van der Waals surface area contributed by atoms with E-state index in [1.165, 1.54) is 6.92 Å². The number of ether oxygens (including phenoxy) is 2. The van der Waals surface area contributed by atoms with E-state index in [0.717, 1.165) is 5.56 Å². The Labute approximate surface area is 180 Å². The van der Waals surface area contributed by atoms with Crippen LogP contribution in [0, 0.1) is 0 Å². The number of carbonyl (C=O) groups is 2. The predicted octanol–water partition coefficient (Wildman–Crippen LogP) is 4.36. The Morgan fingerprint density at radius 3 is 2.26 bits per heavy atom. The lowest BCUT2D eigenvalue weighted by atomic mass is 10.0. The summed E-state index contributed by atoms with van der Waals surface area (Å²) in [5, 5.41) is 1.59. The molecule has 1 N–H and O–H groups in total. The zero-order valence-corrected chi connectivity index (χ0v) is 17.2. The fourth-order valence-corrected chi connectivity index (χ4v) is 3.50. The molecule has 0 saturated heterocycles. The standard InChI is InChI=1S/C25H22N2O4/c1-17(28)31-24-15-20(30-2)13-14-21(24)22-16-23(18-9-5-3-6-10-18)27(26-22)25(29)19-11-7-4-8-12-19/h3-16,23,26H,1-2H3/t23-/m1/s1. The van der Waals surface area contributed by atoms with E-state index < -0.39 is 5.97 Å². The highest BCUT2D eigenvalue weighted by Gasteiger charge is 2.32. The molecular weight excluding hydrogens is 392 g/mol. The average Bonchev–Trinajstić information content (AvgIpc) is 3.24. The molecular formula is C25H22N2O4. The van der Waals surface area contributed by atoms with E-state index in [4.69, 9.17) is 9.47 Å². The van der Waals surface area contributed by atoms with Crippen LogP contribution in [0.15, 0.2) is 84.9 Å². The van der Waals surface area contributed by atoms with E-state index in [0.29, 0.717) is 28.3 Å². The number of nitrogens with zero attached hydrogens (tertiary/aromatic N) is 1. The lowest BCUT2D eigenvalue weighted by Gasteiger charge is -2.26. The minimum Gasteiger partial charge on any atom is -0.497 e. The molecule has 3 aromatic carbocycles. The molecule has 0 unspecified atom stereocenters. The molecule has 3 aromatic rings. The van der Waals surface area contributed by atoms with Crippen LogP contribution < -0.4 is 14.9 Å². The Morgan fingerprint density at radius 2 is 1.61 bits per heavy atom. The van der Waals surface area contributed by atoms with Crippen molar-refractivity contribution in [2.75, 3.05) is 7.11 Å². The van der Waals surface area contributed by atoms with Crippen LogP contribution in [0.3, 0.4) is 0 Å². The lowest BCUT2D eigenvalue weighted by molar-refractivity contribution is -0.131. The number of hydrazine groups is 1. The maximum atomic E-state index is 13.3. The van der Waals surface area contributed by atoms with E-state index in [2.05, 4.69) is 5.43 Å². The topological polar surface area (TPSA) is 67.9 Å². The first-order valence-electron chi connectivity index (χ1n) is 9.85. The van der Waals surface area contributed by atoms with Crippen molar-refractivity contribution in [3.8, 4) is 11.5 Å². The molecule has 6 nitrogen and oxygen atoms in total. The van der Waals surface area contributed by atoms with Crippen molar-refractivity contribution < 1.29 is 19.1 Å². The Bertz CT molecular complexity index is 1130. The fraction of sp³-hybridized carbons (Fsp3) is 0.120. The highest BCUT2D eigenvalue weighted by Crippen LogP contribution is 2.37. The molecule has 1 aliphatic heterocycles. The minimum atomic E-state index is -0.440. The second-order valence-corrected chi connectivity index (χ2v) is 7.04. The first-order chi connectivity index (χ1) is 15.1. The molecule has 1 aliphatic rings. The summed E-state index contributed by atoms with van der Waals surface area (Å²) in [6.07, 6.45) is 1.95. The second kappa shape index (κ2) is 8.75. The average molecular weight is 414 g/mol. The number of methoxy groups -OCH3 is 1. The summed E-state index contributed by atoms with van der Waals surface area (Å²) < 4.78 is 10.7. The highest BCUT2D eigenvalue weighted by molar-refractivity contribution is 5.96. The molecule has 0 aromatic heterocycles. The van der Waals surface area contributed by atoms with E-state index in [1.807, 2.05) is 54.6 Å². The Hall–Kier alpha value is -4.06. The number of rotatable bonds is 5. The lowest BCUT2D eigenvalue weighted by Crippen LogP contribution is -2.39. The third-order valence-electron chi connectivity index (χ3n) is 4.96. The van der Waals surface area contributed by atoms with Crippen LogP contribution in [-0.4, -0.2) is 24.0 Å². The SMILES string of the molecule is COc1ccc(C2=C[C@H](c3ccccc3)N(C(=O)c3ccccc3)N2)c(OC(C)=O)c1. The van der Waals surface area contributed by atoms with E-state index >= 15 is 0 Å². The largest absolute Gasteiger partial charge is 0.497 e. The molecule has 4 rings (SSSR count). The van der Waals surface area contributed by atoms with E-state index in [1.54, 1.807) is 42.5 Å². The van der Waals surface area contributed by atoms with Gasteiger partial charge < -0.3 is 9.47 Å². The molecule has 0 aliphatic carbocycles. The van der Waals surface area contributed by atoms with Crippen molar-refractivity contribution in [1.29, 1.82) is 0 Å². The first-order valence-corrected chi connectivity index (χ1v) is 9.85. The van der Waals surface area contributed by atoms with Gasteiger partial charge in [0, 0.05) is 24.1 Å². The summed E-state index contributed by atoms with van der Waals surface area (Å²) in [7, 11) is 1.55.